The van der Waals surface area contributed by atoms with Gasteiger partial charge in [0.15, 0.2) is 0 Å². The normalized spacial score (nSPS) is 25.8. The van der Waals surface area contributed by atoms with Crippen LogP contribution >= 0.6 is 37.5 Å². The highest BCUT2D eigenvalue weighted by Crippen LogP contribution is 2.47. The maximum absolute atomic E-state index is 12.8. The van der Waals surface area contributed by atoms with Crippen LogP contribution in [0.25, 0.3) is 0 Å². The van der Waals surface area contributed by atoms with Crippen molar-refractivity contribution in [1.82, 2.24) is 0 Å². The summed E-state index contributed by atoms with van der Waals surface area (Å²) in [5.41, 5.74) is 2.00. The predicted octanol–water partition coefficient (Wildman–Crippen LogP) is 5.12. The molecule has 0 aromatic heterocycles. The average Bonchev–Trinajstić information content (AvgIpc) is 3.18. The van der Waals surface area contributed by atoms with Crippen molar-refractivity contribution in [3.8, 4) is 5.75 Å². The van der Waals surface area contributed by atoms with Crippen molar-refractivity contribution in [2.75, 3.05) is 17.3 Å². The van der Waals surface area contributed by atoms with Crippen LogP contribution in [-0.2, 0) is 9.59 Å². The molecule has 2 heterocycles. The van der Waals surface area contributed by atoms with Crippen LogP contribution in [0.2, 0.25) is 0 Å². The summed E-state index contributed by atoms with van der Waals surface area (Å²) >= 11 is 3.52. The van der Waals surface area contributed by atoms with Gasteiger partial charge in [0.1, 0.15) is 12.4 Å². The molecule has 1 aliphatic carbocycles. The summed E-state index contributed by atoms with van der Waals surface area (Å²) in [5.74, 6) is 1.49. The van der Waals surface area contributed by atoms with E-state index < -0.39 is 0 Å². The number of nitrogens with zero attached hydrogens (tertiary/aromatic N) is 1. The zero-order chi connectivity index (χ0) is 18.3. The smallest absolute Gasteiger partial charge is 0.261 e. The number of imide groups is 1. The first-order valence-corrected chi connectivity index (χ1v) is 11.9. The van der Waals surface area contributed by atoms with Gasteiger partial charge in [-0.15, -0.1) is 0 Å². The Bertz CT molecular complexity index is 774. The summed E-state index contributed by atoms with van der Waals surface area (Å²) in [6, 6.07) is 5.45. The Labute approximate surface area is 169 Å². The lowest BCUT2D eigenvalue weighted by Crippen LogP contribution is -2.31. The first-order chi connectivity index (χ1) is 12.5. The lowest BCUT2D eigenvalue weighted by Gasteiger charge is -2.23. The Hall–Kier alpha value is -0.920. The van der Waals surface area contributed by atoms with Crippen LogP contribution in [0.4, 0.5) is 5.69 Å². The fraction of sp³-hybridized carbons (Fsp3) is 0.474. The van der Waals surface area contributed by atoms with Gasteiger partial charge in [0.05, 0.1) is 14.9 Å². The van der Waals surface area contributed by atoms with Crippen LogP contribution in [-0.4, -0.2) is 28.9 Å². The Morgan fingerprint density at radius 3 is 2.50 bits per heavy atom. The van der Waals surface area contributed by atoms with E-state index in [1.165, 1.54) is 4.90 Å². The molecule has 0 N–H and O–H groups in total. The third-order valence-electron chi connectivity index (χ3n) is 5.07. The van der Waals surface area contributed by atoms with E-state index >= 15 is 0 Å². The predicted molar refractivity (Wildman–Crippen MR) is 111 cm³/mol. The first-order valence-electron chi connectivity index (χ1n) is 8.82. The van der Waals surface area contributed by atoms with Gasteiger partial charge < -0.3 is 4.74 Å². The number of ether oxygens (including phenoxy) is 1. The van der Waals surface area contributed by atoms with Gasteiger partial charge in [-0.05, 0) is 67.1 Å². The molecule has 1 unspecified atom stereocenters. The Balaban J connectivity index is 1.56. The molecule has 1 atom stereocenters. The van der Waals surface area contributed by atoms with Gasteiger partial charge in [-0.1, -0.05) is 21.6 Å². The van der Waals surface area contributed by atoms with Gasteiger partial charge in [0.25, 0.3) is 11.8 Å². The molecule has 7 heteroatoms. The number of halogens is 1. The quantitative estimate of drug-likeness (QED) is 0.467. The van der Waals surface area contributed by atoms with E-state index in [0.29, 0.717) is 42.0 Å². The molecule has 2 amide bonds. The summed E-state index contributed by atoms with van der Waals surface area (Å²) < 4.78 is 7.00. The second-order valence-corrected chi connectivity index (χ2v) is 11.0. The molecule has 1 aromatic carbocycles. The van der Waals surface area contributed by atoms with E-state index in [4.69, 9.17) is 4.74 Å². The molecular formula is C19H20BrNO3S2. The van der Waals surface area contributed by atoms with Gasteiger partial charge in [-0.25, -0.2) is 4.90 Å². The summed E-state index contributed by atoms with van der Waals surface area (Å²) in [5, 5.41) is 0. The monoisotopic (exact) mass is 453 g/mol. The highest BCUT2D eigenvalue weighted by Gasteiger charge is 2.40. The number of rotatable bonds is 4. The molecule has 0 spiro atoms. The van der Waals surface area contributed by atoms with E-state index in [0.717, 1.165) is 29.5 Å². The summed E-state index contributed by atoms with van der Waals surface area (Å²) in [7, 11) is 3.74. The van der Waals surface area contributed by atoms with E-state index in [-0.39, 0.29) is 16.6 Å². The molecule has 26 heavy (non-hydrogen) atoms. The largest absolute Gasteiger partial charge is 0.491 e. The second kappa shape index (κ2) is 7.24. The lowest BCUT2D eigenvalue weighted by atomic mass is 9.93. The van der Waals surface area contributed by atoms with Crippen molar-refractivity contribution < 1.29 is 14.3 Å². The van der Waals surface area contributed by atoms with Crippen molar-refractivity contribution in [3.63, 3.8) is 0 Å². The number of amides is 2. The van der Waals surface area contributed by atoms with Gasteiger partial charge in [-0.3, -0.25) is 9.59 Å². The van der Waals surface area contributed by atoms with Gasteiger partial charge in [0.2, 0.25) is 0 Å². The van der Waals surface area contributed by atoms with Gasteiger partial charge in [0, 0.05) is 23.0 Å². The average molecular weight is 454 g/mol. The molecule has 1 fully saturated rings. The SMILES string of the molecule is CC1(COc2cc(N3C(=O)C4=C(CCCC4)C3=O)ccc2Br)CCSS1. The van der Waals surface area contributed by atoms with Crippen molar-refractivity contribution in [3.05, 3.63) is 33.8 Å². The fourth-order valence-electron chi connectivity index (χ4n) is 3.53. The van der Waals surface area contributed by atoms with E-state index in [1.54, 1.807) is 12.1 Å². The molecule has 3 aliphatic rings. The third kappa shape index (κ3) is 3.34. The number of carbonyl (C=O) groups excluding carboxylic acids is 2. The van der Waals surface area contributed by atoms with Crippen LogP contribution in [0.1, 0.15) is 39.0 Å². The van der Waals surface area contributed by atoms with Crippen LogP contribution in [0.15, 0.2) is 33.8 Å². The zero-order valence-electron chi connectivity index (χ0n) is 14.5. The molecule has 1 saturated heterocycles. The van der Waals surface area contributed by atoms with Crippen molar-refractivity contribution in [2.24, 2.45) is 0 Å². The summed E-state index contributed by atoms with van der Waals surface area (Å²) in [6.45, 7) is 2.81. The van der Waals surface area contributed by atoms with Crippen LogP contribution < -0.4 is 9.64 Å². The molecular weight excluding hydrogens is 434 g/mol. The third-order valence-corrected chi connectivity index (χ3v) is 9.00. The first kappa shape index (κ1) is 18.4. The molecule has 2 aliphatic heterocycles. The second-order valence-electron chi connectivity index (χ2n) is 7.12. The molecule has 0 radical (unpaired) electrons. The highest BCUT2D eigenvalue weighted by atomic mass is 79.9. The Kier molecular flexibility index (Phi) is 5.14. The number of hydrogen-bond acceptors (Lipinski definition) is 5. The zero-order valence-corrected chi connectivity index (χ0v) is 17.8. The number of benzene rings is 1. The summed E-state index contributed by atoms with van der Waals surface area (Å²) in [6.07, 6.45) is 4.50. The maximum Gasteiger partial charge on any atom is 0.261 e. The highest BCUT2D eigenvalue weighted by molar-refractivity contribution is 9.10. The molecule has 0 saturated carbocycles. The van der Waals surface area contributed by atoms with Crippen LogP contribution in [0, 0.1) is 0 Å². The molecule has 4 rings (SSSR count). The minimum absolute atomic E-state index is 0.0973. The molecule has 138 valence electrons. The van der Waals surface area contributed by atoms with Crippen molar-refractivity contribution in [1.29, 1.82) is 0 Å². The van der Waals surface area contributed by atoms with Crippen molar-refractivity contribution in [2.45, 2.75) is 43.8 Å². The molecule has 1 aromatic rings. The fourth-order valence-corrected chi connectivity index (χ4v) is 6.96. The standard InChI is InChI=1S/C19H20BrNO3S2/c1-19(8-9-25-26-19)11-24-16-10-12(6-7-15(16)20)21-17(22)13-4-2-3-5-14(13)18(21)23/h6-7,10H,2-5,8-9,11H2,1H3. The number of carbonyl (C=O) groups is 2. The summed E-state index contributed by atoms with van der Waals surface area (Å²) in [4.78, 5) is 26.8. The Morgan fingerprint density at radius 2 is 1.88 bits per heavy atom. The van der Waals surface area contributed by atoms with Gasteiger partial charge in [-0.2, -0.15) is 0 Å². The minimum Gasteiger partial charge on any atom is -0.491 e. The van der Waals surface area contributed by atoms with Gasteiger partial charge >= 0.3 is 0 Å². The van der Waals surface area contributed by atoms with E-state index in [9.17, 15) is 9.59 Å². The van der Waals surface area contributed by atoms with Crippen molar-refractivity contribution >= 4 is 55.0 Å². The topological polar surface area (TPSA) is 46.6 Å². The molecule has 4 nitrogen and oxygen atoms in total. The number of hydrogen-bond donors (Lipinski definition) is 0. The number of anilines is 1. The maximum atomic E-state index is 12.8. The van der Waals surface area contributed by atoms with Crippen LogP contribution in [0.5, 0.6) is 5.75 Å². The van der Waals surface area contributed by atoms with E-state index in [2.05, 4.69) is 22.9 Å². The molecule has 0 bridgehead atoms. The lowest BCUT2D eigenvalue weighted by molar-refractivity contribution is -0.120. The minimum atomic E-state index is -0.160. The Morgan fingerprint density at radius 1 is 1.19 bits per heavy atom. The van der Waals surface area contributed by atoms with Crippen LogP contribution in [0.3, 0.4) is 0 Å². The van der Waals surface area contributed by atoms with E-state index in [1.807, 2.05) is 27.7 Å².